The first-order chi connectivity index (χ1) is 13.5. The molecule has 0 unspecified atom stereocenters. The van der Waals surface area contributed by atoms with Gasteiger partial charge in [0, 0.05) is 20.8 Å². The summed E-state index contributed by atoms with van der Waals surface area (Å²) < 4.78 is 16.6. The Bertz CT molecular complexity index is 1210. The zero-order valence-electron chi connectivity index (χ0n) is 14.4. The normalized spacial score (nSPS) is 11.1. The van der Waals surface area contributed by atoms with Gasteiger partial charge in [-0.3, -0.25) is 9.36 Å². The topological polar surface area (TPSA) is 34.9 Å². The average Bonchev–Trinajstić information content (AvgIpc) is 2.69. The third-order valence-electron chi connectivity index (χ3n) is 4.24. The zero-order chi connectivity index (χ0) is 19.7. The third kappa shape index (κ3) is 3.72. The van der Waals surface area contributed by atoms with E-state index in [4.69, 9.17) is 11.6 Å². The van der Waals surface area contributed by atoms with E-state index >= 15 is 0 Å². The lowest BCUT2D eigenvalue weighted by atomic mass is 10.2. The van der Waals surface area contributed by atoms with Gasteiger partial charge in [0.1, 0.15) is 5.82 Å². The molecule has 7 heteroatoms. The number of thioether (sulfide) groups is 1. The smallest absolute Gasteiger partial charge is 0.266 e. The molecule has 0 atom stereocenters. The Hall–Kier alpha value is -2.15. The lowest BCUT2D eigenvalue weighted by Crippen LogP contribution is -2.21. The van der Waals surface area contributed by atoms with Crippen LogP contribution in [0, 0.1) is 5.82 Å². The first-order valence-electron chi connectivity index (χ1n) is 8.38. The fraction of sp³-hybridized carbons (Fsp3) is 0.0476. The van der Waals surface area contributed by atoms with Crippen molar-refractivity contribution in [2.75, 3.05) is 0 Å². The number of nitrogens with zero attached hydrogens (tertiary/aromatic N) is 2. The fourth-order valence-corrected chi connectivity index (χ4v) is 4.45. The predicted octanol–water partition coefficient (Wildman–Crippen LogP) is 6.23. The summed E-state index contributed by atoms with van der Waals surface area (Å²) in [6.07, 6.45) is 0. The van der Waals surface area contributed by atoms with E-state index in [1.54, 1.807) is 28.8 Å². The molecule has 0 spiro atoms. The molecule has 28 heavy (non-hydrogen) atoms. The van der Waals surface area contributed by atoms with Gasteiger partial charge in [-0.15, -0.1) is 0 Å². The van der Waals surface area contributed by atoms with Crippen molar-refractivity contribution in [1.82, 2.24) is 9.55 Å². The van der Waals surface area contributed by atoms with Crippen LogP contribution >= 0.6 is 39.3 Å². The van der Waals surface area contributed by atoms with Gasteiger partial charge in [0.05, 0.1) is 16.6 Å². The van der Waals surface area contributed by atoms with Gasteiger partial charge in [-0.1, -0.05) is 57.5 Å². The lowest BCUT2D eigenvalue weighted by molar-refractivity contribution is 0.617. The molecule has 0 aliphatic heterocycles. The number of benzene rings is 3. The highest BCUT2D eigenvalue weighted by Gasteiger charge is 2.15. The van der Waals surface area contributed by atoms with Crippen molar-refractivity contribution in [3.05, 3.63) is 98.0 Å². The summed E-state index contributed by atoms with van der Waals surface area (Å²) in [5.41, 5.74) is 1.51. The first-order valence-corrected chi connectivity index (χ1v) is 10.5. The Balaban J connectivity index is 1.85. The van der Waals surface area contributed by atoms with Gasteiger partial charge in [0.25, 0.3) is 5.56 Å². The largest absolute Gasteiger partial charge is 0.268 e. The van der Waals surface area contributed by atoms with Crippen LogP contribution in [0.2, 0.25) is 5.02 Å². The maximum Gasteiger partial charge on any atom is 0.266 e. The van der Waals surface area contributed by atoms with Gasteiger partial charge in [-0.05, 0) is 48.5 Å². The van der Waals surface area contributed by atoms with Crippen LogP contribution in [0.5, 0.6) is 0 Å². The number of hydrogen-bond donors (Lipinski definition) is 0. The molecule has 0 bridgehead atoms. The molecule has 0 saturated heterocycles. The summed E-state index contributed by atoms with van der Waals surface area (Å²) in [5.74, 6) is -0.120. The van der Waals surface area contributed by atoms with Crippen LogP contribution < -0.4 is 5.56 Å². The van der Waals surface area contributed by atoms with Crippen molar-refractivity contribution in [1.29, 1.82) is 0 Å². The number of halogens is 3. The molecule has 0 amide bonds. The minimum absolute atomic E-state index is 0.171. The predicted molar refractivity (Wildman–Crippen MR) is 116 cm³/mol. The van der Waals surface area contributed by atoms with Crippen molar-refractivity contribution in [3.63, 3.8) is 0 Å². The van der Waals surface area contributed by atoms with E-state index in [2.05, 4.69) is 20.9 Å². The fourth-order valence-electron chi connectivity index (χ4n) is 2.83. The van der Waals surface area contributed by atoms with Crippen LogP contribution in [0.15, 0.2) is 81.2 Å². The van der Waals surface area contributed by atoms with Crippen LogP contribution in [0.25, 0.3) is 16.6 Å². The number of aromatic nitrogens is 2. The Morgan fingerprint density at radius 2 is 1.79 bits per heavy atom. The van der Waals surface area contributed by atoms with Gasteiger partial charge in [0.15, 0.2) is 5.16 Å². The molecular formula is C21H13BrClFN2OS. The maximum atomic E-state index is 14.2. The SMILES string of the molecule is O=c1c2ccccc2nc(SCc2c(F)cccc2Cl)n1-c1ccc(Br)cc1. The molecule has 1 aromatic heterocycles. The van der Waals surface area contributed by atoms with Crippen LogP contribution in [0.1, 0.15) is 5.56 Å². The van der Waals surface area contributed by atoms with Crippen LogP contribution in [0.3, 0.4) is 0 Å². The molecule has 140 valence electrons. The van der Waals surface area contributed by atoms with Crippen molar-refractivity contribution >= 4 is 50.2 Å². The van der Waals surface area contributed by atoms with E-state index in [0.717, 1.165) is 4.47 Å². The van der Waals surface area contributed by atoms with E-state index in [0.29, 0.717) is 32.3 Å². The average molecular weight is 476 g/mol. The van der Waals surface area contributed by atoms with Crippen LogP contribution in [0.4, 0.5) is 4.39 Å². The summed E-state index contributed by atoms with van der Waals surface area (Å²) in [6, 6.07) is 19.2. The van der Waals surface area contributed by atoms with Crippen LogP contribution in [-0.4, -0.2) is 9.55 Å². The lowest BCUT2D eigenvalue weighted by Gasteiger charge is -2.14. The summed E-state index contributed by atoms with van der Waals surface area (Å²) in [7, 11) is 0. The standard InChI is InChI=1S/C21H13BrClFN2OS/c22-13-8-10-14(11-9-13)26-20(27)15-4-1-2-7-19(15)25-21(26)28-12-16-17(23)5-3-6-18(16)24/h1-11H,12H2. The van der Waals surface area contributed by atoms with E-state index in [1.807, 2.05) is 36.4 Å². The Morgan fingerprint density at radius 3 is 2.54 bits per heavy atom. The quantitative estimate of drug-likeness (QED) is 0.259. The van der Waals surface area contributed by atoms with Crippen molar-refractivity contribution < 1.29 is 4.39 Å². The molecule has 0 N–H and O–H groups in total. The highest BCUT2D eigenvalue weighted by molar-refractivity contribution is 9.10. The molecule has 0 aliphatic rings. The zero-order valence-corrected chi connectivity index (χ0v) is 17.6. The molecule has 0 radical (unpaired) electrons. The van der Waals surface area contributed by atoms with Crippen molar-refractivity contribution in [2.45, 2.75) is 10.9 Å². The van der Waals surface area contributed by atoms with Crippen molar-refractivity contribution in [2.24, 2.45) is 0 Å². The van der Waals surface area contributed by atoms with Gasteiger partial charge < -0.3 is 0 Å². The highest BCUT2D eigenvalue weighted by Crippen LogP contribution is 2.29. The van der Waals surface area contributed by atoms with Gasteiger partial charge >= 0.3 is 0 Å². The van der Waals surface area contributed by atoms with Gasteiger partial charge in [-0.2, -0.15) is 0 Å². The Labute approximate surface area is 178 Å². The second-order valence-electron chi connectivity index (χ2n) is 6.02. The van der Waals surface area contributed by atoms with Crippen LogP contribution in [-0.2, 0) is 5.75 Å². The molecular weight excluding hydrogens is 463 g/mol. The molecule has 0 aliphatic carbocycles. The Kier molecular flexibility index (Phi) is 5.53. The first kappa shape index (κ1) is 19.2. The van der Waals surface area contributed by atoms with E-state index in [1.165, 1.54) is 17.8 Å². The monoisotopic (exact) mass is 474 g/mol. The molecule has 3 aromatic carbocycles. The van der Waals surface area contributed by atoms with Crippen molar-refractivity contribution in [3.8, 4) is 5.69 Å². The van der Waals surface area contributed by atoms with Gasteiger partial charge in [-0.25, -0.2) is 9.37 Å². The number of fused-ring (bicyclic) bond motifs is 1. The van der Waals surface area contributed by atoms with E-state index in [-0.39, 0.29) is 17.1 Å². The Morgan fingerprint density at radius 1 is 1.04 bits per heavy atom. The maximum absolute atomic E-state index is 14.2. The molecule has 0 saturated carbocycles. The molecule has 0 fully saturated rings. The summed E-state index contributed by atoms with van der Waals surface area (Å²) >= 11 is 10.8. The third-order valence-corrected chi connectivity index (χ3v) is 6.08. The molecule has 4 rings (SSSR count). The summed E-state index contributed by atoms with van der Waals surface area (Å²) in [4.78, 5) is 17.8. The molecule has 1 heterocycles. The number of rotatable bonds is 4. The second kappa shape index (κ2) is 8.07. The molecule has 4 aromatic rings. The van der Waals surface area contributed by atoms with Gasteiger partial charge in [0.2, 0.25) is 0 Å². The summed E-state index contributed by atoms with van der Waals surface area (Å²) in [6.45, 7) is 0. The highest BCUT2D eigenvalue weighted by atomic mass is 79.9. The van der Waals surface area contributed by atoms with E-state index < -0.39 is 0 Å². The molecule has 3 nitrogen and oxygen atoms in total. The minimum Gasteiger partial charge on any atom is -0.268 e. The van der Waals surface area contributed by atoms with E-state index in [9.17, 15) is 9.18 Å². The summed E-state index contributed by atoms with van der Waals surface area (Å²) in [5, 5.41) is 1.36. The second-order valence-corrected chi connectivity index (χ2v) is 8.28. The number of hydrogen-bond acceptors (Lipinski definition) is 3. The number of para-hydroxylation sites is 1. The minimum atomic E-state index is -0.377.